The van der Waals surface area contributed by atoms with Crippen LogP contribution < -0.4 is 0 Å². The summed E-state index contributed by atoms with van der Waals surface area (Å²) in [6.07, 6.45) is 0.342. The van der Waals surface area contributed by atoms with Crippen LogP contribution in [0.2, 0.25) is 0 Å². The Morgan fingerprint density at radius 3 is 2.44 bits per heavy atom. The third-order valence-corrected chi connectivity index (χ3v) is 5.19. The second-order valence-electron chi connectivity index (χ2n) is 6.72. The molecule has 1 aliphatic rings. The Balaban J connectivity index is 1.95. The van der Waals surface area contributed by atoms with E-state index in [0.29, 0.717) is 13.0 Å². The average Bonchev–Trinajstić information content (AvgIpc) is 2.84. The molecule has 0 saturated heterocycles. The first kappa shape index (κ1) is 17.2. The van der Waals surface area contributed by atoms with Crippen molar-refractivity contribution in [3.8, 4) is 0 Å². The van der Waals surface area contributed by atoms with Crippen molar-refractivity contribution in [1.82, 2.24) is 14.7 Å². The van der Waals surface area contributed by atoms with Crippen LogP contribution in [-0.4, -0.2) is 37.7 Å². The van der Waals surface area contributed by atoms with Crippen LogP contribution in [0.4, 0.5) is 0 Å². The molecule has 0 spiro atoms. The molecule has 132 valence electrons. The van der Waals surface area contributed by atoms with Gasteiger partial charge in [0.1, 0.15) is 6.04 Å². The zero-order valence-electron chi connectivity index (χ0n) is 15.0. The lowest BCUT2D eigenvalue weighted by Crippen LogP contribution is -2.50. The zero-order valence-corrected chi connectivity index (χ0v) is 15.0. The number of hydrogen-bond donors (Lipinski definition) is 1. The normalized spacial score (nSPS) is 17.9. The molecule has 2 aromatic rings. The minimum Gasteiger partial charge on any atom is -0.480 e. The summed E-state index contributed by atoms with van der Waals surface area (Å²) in [5.74, 6) is -1.56. The largest absolute Gasteiger partial charge is 0.480 e. The summed E-state index contributed by atoms with van der Waals surface area (Å²) in [6, 6.07) is 6.88. The molecule has 25 heavy (non-hydrogen) atoms. The van der Waals surface area contributed by atoms with Crippen LogP contribution in [0.1, 0.15) is 40.9 Å². The molecule has 6 heteroatoms. The van der Waals surface area contributed by atoms with Gasteiger partial charge in [0.15, 0.2) is 0 Å². The lowest BCUT2D eigenvalue weighted by atomic mass is 9.91. The molecular weight excluding hydrogens is 318 g/mol. The number of aliphatic carboxylic acids is 1. The van der Waals surface area contributed by atoms with E-state index in [-0.39, 0.29) is 5.91 Å². The maximum atomic E-state index is 13.2. The van der Waals surface area contributed by atoms with E-state index in [1.165, 1.54) is 4.90 Å². The van der Waals surface area contributed by atoms with E-state index in [1.807, 2.05) is 52.1 Å². The molecule has 1 aromatic heterocycles. The molecule has 3 rings (SSSR count). The van der Waals surface area contributed by atoms with Gasteiger partial charge in [-0.25, -0.2) is 4.79 Å². The van der Waals surface area contributed by atoms with E-state index in [2.05, 4.69) is 5.10 Å². The predicted molar refractivity (Wildman–Crippen MR) is 93.2 cm³/mol. The molecule has 0 aliphatic carbocycles. The number of aryl methyl sites for hydroxylation is 2. The summed E-state index contributed by atoms with van der Waals surface area (Å²) in [5, 5.41) is 14.0. The van der Waals surface area contributed by atoms with Gasteiger partial charge >= 0.3 is 5.97 Å². The Morgan fingerprint density at radius 2 is 1.88 bits per heavy atom. The summed E-state index contributed by atoms with van der Waals surface area (Å²) >= 11 is 0. The number of amides is 1. The summed E-state index contributed by atoms with van der Waals surface area (Å²) in [5.41, 5.74) is 4.64. The molecule has 1 aliphatic heterocycles. The lowest BCUT2D eigenvalue weighted by molar-refractivity contribution is -0.152. The molecule has 2 heterocycles. The number of carboxylic acids is 1. The van der Waals surface area contributed by atoms with Crippen LogP contribution in [0, 0.1) is 13.8 Å². The van der Waals surface area contributed by atoms with Crippen molar-refractivity contribution < 1.29 is 14.7 Å². The number of aromatic nitrogens is 2. The fourth-order valence-corrected chi connectivity index (χ4v) is 3.76. The number of benzene rings is 1. The Kier molecular flexibility index (Phi) is 4.37. The van der Waals surface area contributed by atoms with Crippen molar-refractivity contribution in [3.63, 3.8) is 0 Å². The lowest BCUT2D eigenvalue weighted by Gasteiger charge is -2.36. The number of rotatable bonds is 3. The predicted octanol–water partition coefficient (Wildman–Crippen LogP) is 2.18. The molecule has 0 unspecified atom stereocenters. The Hall–Kier alpha value is -2.63. The standard InChI is InChI=1S/C19H23N3O3/c1-11(17-12(2)20-21(4)13(17)3)18(23)22-10-15-8-6-5-7-14(15)9-16(22)19(24)25/h5-8,11,16H,9-10H2,1-4H3,(H,24,25)/t11-,16-/m0/s1. The number of fused-ring (bicyclic) bond motifs is 1. The van der Waals surface area contributed by atoms with E-state index in [9.17, 15) is 14.7 Å². The van der Waals surface area contributed by atoms with Gasteiger partial charge in [0.25, 0.3) is 0 Å². The molecule has 2 atom stereocenters. The van der Waals surface area contributed by atoms with Crippen molar-refractivity contribution in [3.05, 3.63) is 52.3 Å². The summed E-state index contributed by atoms with van der Waals surface area (Å²) in [4.78, 5) is 26.4. The topological polar surface area (TPSA) is 75.4 Å². The highest BCUT2D eigenvalue weighted by molar-refractivity contribution is 5.89. The van der Waals surface area contributed by atoms with Gasteiger partial charge in [-0.3, -0.25) is 9.48 Å². The van der Waals surface area contributed by atoms with E-state index in [1.54, 1.807) is 4.68 Å². The maximum absolute atomic E-state index is 13.2. The van der Waals surface area contributed by atoms with Crippen LogP contribution in [0.5, 0.6) is 0 Å². The second-order valence-corrected chi connectivity index (χ2v) is 6.72. The molecule has 1 N–H and O–H groups in total. The van der Waals surface area contributed by atoms with Gasteiger partial charge in [0.05, 0.1) is 11.6 Å². The van der Waals surface area contributed by atoms with E-state index in [4.69, 9.17) is 0 Å². The van der Waals surface area contributed by atoms with Crippen molar-refractivity contribution in [2.75, 3.05) is 0 Å². The first-order chi connectivity index (χ1) is 11.8. The third-order valence-electron chi connectivity index (χ3n) is 5.19. The van der Waals surface area contributed by atoms with Gasteiger partial charge in [-0.15, -0.1) is 0 Å². The first-order valence-corrected chi connectivity index (χ1v) is 8.41. The number of carboxylic acid groups (broad SMARTS) is 1. The Morgan fingerprint density at radius 1 is 1.24 bits per heavy atom. The zero-order chi connectivity index (χ0) is 18.3. The molecule has 6 nitrogen and oxygen atoms in total. The summed E-state index contributed by atoms with van der Waals surface area (Å²) < 4.78 is 1.76. The highest BCUT2D eigenvalue weighted by Gasteiger charge is 2.37. The Labute approximate surface area is 147 Å². The van der Waals surface area contributed by atoms with Crippen LogP contribution in [0.15, 0.2) is 24.3 Å². The monoisotopic (exact) mass is 341 g/mol. The van der Waals surface area contributed by atoms with Gasteiger partial charge < -0.3 is 10.0 Å². The smallest absolute Gasteiger partial charge is 0.326 e. The van der Waals surface area contributed by atoms with Crippen molar-refractivity contribution >= 4 is 11.9 Å². The minimum absolute atomic E-state index is 0.166. The molecule has 1 aromatic carbocycles. The van der Waals surface area contributed by atoms with Gasteiger partial charge in [-0.2, -0.15) is 5.10 Å². The van der Waals surface area contributed by atoms with Crippen molar-refractivity contribution in [2.45, 2.75) is 45.7 Å². The summed E-state index contributed by atoms with van der Waals surface area (Å²) in [7, 11) is 1.85. The number of carbonyl (C=O) groups is 2. The van der Waals surface area contributed by atoms with Gasteiger partial charge in [-0.1, -0.05) is 24.3 Å². The van der Waals surface area contributed by atoms with E-state index in [0.717, 1.165) is 28.1 Å². The number of nitrogens with zero attached hydrogens (tertiary/aromatic N) is 3. The molecule has 0 saturated carbocycles. The van der Waals surface area contributed by atoms with E-state index < -0.39 is 17.9 Å². The minimum atomic E-state index is -0.963. The molecule has 0 bridgehead atoms. The fourth-order valence-electron chi connectivity index (χ4n) is 3.76. The fraction of sp³-hybridized carbons (Fsp3) is 0.421. The highest BCUT2D eigenvalue weighted by Crippen LogP contribution is 2.30. The van der Waals surface area contributed by atoms with Crippen LogP contribution >= 0.6 is 0 Å². The maximum Gasteiger partial charge on any atom is 0.326 e. The molecule has 0 radical (unpaired) electrons. The number of hydrogen-bond acceptors (Lipinski definition) is 3. The third kappa shape index (κ3) is 2.92. The van der Waals surface area contributed by atoms with Crippen molar-refractivity contribution in [1.29, 1.82) is 0 Å². The molecule has 1 amide bonds. The molecular formula is C19H23N3O3. The van der Waals surface area contributed by atoms with Gasteiger partial charge in [0, 0.05) is 31.3 Å². The average molecular weight is 341 g/mol. The second kappa shape index (κ2) is 6.35. The van der Waals surface area contributed by atoms with Crippen LogP contribution in [-0.2, 0) is 29.6 Å². The summed E-state index contributed by atoms with van der Waals surface area (Å²) in [6.45, 7) is 5.97. The first-order valence-electron chi connectivity index (χ1n) is 8.41. The Bertz CT molecular complexity index is 840. The molecule has 0 fully saturated rings. The van der Waals surface area contributed by atoms with Gasteiger partial charge in [-0.05, 0) is 31.9 Å². The van der Waals surface area contributed by atoms with E-state index >= 15 is 0 Å². The quantitative estimate of drug-likeness (QED) is 0.928. The van der Waals surface area contributed by atoms with Crippen LogP contribution in [0.3, 0.4) is 0 Å². The van der Waals surface area contributed by atoms with Crippen molar-refractivity contribution in [2.24, 2.45) is 7.05 Å². The SMILES string of the molecule is Cc1nn(C)c(C)c1[C@H](C)C(=O)N1Cc2ccccc2C[C@H]1C(=O)O. The highest BCUT2D eigenvalue weighted by atomic mass is 16.4. The van der Waals surface area contributed by atoms with Gasteiger partial charge in [0.2, 0.25) is 5.91 Å². The number of carbonyl (C=O) groups excluding carboxylic acids is 1. The van der Waals surface area contributed by atoms with Crippen LogP contribution in [0.25, 0.3) is 0 Å².